The fraction of sp³-hybridized carbons (Fsp3) is 0.333. The first-order valence-corrected chi connectivity index (χ1v) is 5.38. The van der Waals surface area contributed by atoms with Gasteiger partial charge in [0.15, 0.2) is 5.69 Å². The van der Waals surface area contributed by atoms with Gasteiger partial charge >= 0.3 is 6.18 Å². The zero-order chi connectivity index (χ0) is 13.3. The van der Waals surface area contributed by atoms with Gasteiger partial charge in [-0.3, -0.25) is 0 Å². The molecule has 0 amide bonds. The number of aryl methyl sites for hydroxylation is 1. The third-order valence-corrected chi connectivity index (χ3v) is 2.70. The largest absolute Gasteiger partial charge is 0.497 e. The zero-order valence-electron chi connectivity index (χ0n) is 9.88. The average molecular weight is 256 g/mol. The SMILES string of the molecule is CCc1c(C(F)(F)F)nnc2cc(OC)ccc12. The summed E-state index contributed by atoms with van der Waals surface area (Å²) in [6, 6.07) is 4.77. The molecule has 1 aromatic carbocycles. The molecule has 0 unspecified atom stereocenters. The maximum Gasteiger partial charge on any atom is 0.435 e. The predicted molar refractivity (Wildman–Crippen MR) is 60.5 cm³/mol. The Morgan fingerprint density at radius 1 is 1.22 bits per heavy atom. The molecule has 0 aliphatic heterocycles. The molecule has 0 aliphatic carbocycles. The molecule has 6 heteroatoms. The minimum Gasteiger partial charge on any atom is -0.497 e. The van der Waals surface area contributed by atoms with Crippen LogP contribution < -0.4 is 4.74 Å². The van der Waals surface area contributed by atoms with Crippen LogP contribution in [0.1, 0.15) is 18.2 Å². The molecule has 0 fully saturated rings. The number of benzene rings is 1. The standard InChI is InChI=1S/C12H11F3N2O/c1-3-8-9-5-4-7(18-2)6-10(9)16-17-11(8)12(13,14)15/h4-6H,3H2,1-2H3. The van der Waals surface area contributed by atoms with Gasteiger partial charge in [0.2, 0.25) is 0 Å². The molecule has 1 heterocycles. The van der Waals surface area contributed by atoms with E-state index in [9.17, 15) is 13.2 Å². The number of hydrogen-bond donors (Lipinski definition) is 0. The Morgan fingerprint density at radius 3 is 2.50 bits per heavy atom. The summed E-state index contributed by atoms with van der Waals surface area (Å²) in [5.41, 5.74) is -0.350. The molecule has 96 valence electrons. The number of rotatable bonds is 2. The number of alkyl halides is 3. The molecule has 18 heavy (non-hydrogen) atoms. The Bertz CT molecular complexity index is 581. The second-order valence-electron chi connectivity index (χ2n) is 3.76. The first kappa shape index (κ1) is 12.6. The van der Waals surface area contributed by atoms with Crippen molar-refractivity contribution in [2.75, 3.05) is 7.11 Å². The van der Waals surface area contributed by atoms with Crippen molar-refractivity contribution in [2.24, 2.45) is 0 Å². The van der Waals surface area contributed by atoms with Crippen molar-refractivity contribution in [2.45, 2.75) is 19.5 Å². The average Bonchev–Trinajstić information content (AvgIpc) is 2.35. The van der Waals surface area contributed by atoms with Gasteiger partial charge in [0.1, 0.15) is 5.75 Å². The molecule has 2 aromatic rings. The lowest BCUT2D eigenvalue weighted by Crippen LogP contribution is -2.13. The lowest BCUT2D eigenvalue weighted by molar-refractivity contribution is -0.142. The van der Waals surface area contributed by atoms with Gasteiger partial charge in [-0.15, -0.1) is 10.2 Å². The molecule has 0 saturated heterocycles. The van der Waals surface area contributed by atoms with Gasteiger partial charge in [0.05, 0.1) is 12.6 Å². The number of ether oxygens (including phenoxy) is 1. The van der Waals surface area contributed by atoms with E-state index >= 15 is 0 Å². The van der Waals surface area contributed by atoms with Crippen LogP contribution in [0.3, 0.4) is 0 Å². The molecule has 3 nitrogen and oxygen atoms in total. The number of fused-ring (bicyclic) bond motifs is 1. The third kappa shape index (κ3) is 2.10. The summed E-state index contributed by atoms with van der Waals surface area (Å²) in [5.74, 6) is 0.540. The van der Waals surface area contributed by atoms with Crippen molar-refractivity contribution in [1.29, 1.82) is 0 Å². The third-order valence-electron chi connectivity index (χ3n) is 2.70. The zero-order valence-corrected chi connectivity index (χ0v) is 9.88. The number of hydrogen-bond acceptors (Lipinski definition) is 3. The van der Waals surface area contributed by atoms with Crippen LogP contribution in [0.2, 0.25) is 0 Å². The minimum absolute atomic E-state index is 0.162. The highest BCUT2D eigenvalue weighted by molar-refractivity contribution is 5.83. The van der Waals surface area contributed by atoms with E-state index in [0.717, 1.165) is 0 Å². The van der Waals surface area contributed by atoms with E-state index < -0.39 is 11.9 Å². The lowest BCUT2D eigenvalue weighted by atomic mass is 10.0. The van der Waals surface area contributed by atoms with E-state index in [0.29, 0.717) is 16.7 Å². The summed E-state index contributed by atoms with van der Waals surface area (Å²) in [6.45, 7) is 1.66. The highest BCUT2D eigenvalue weighted by atomic mass is 19.4. The maximum atomic E-state index is 12.8. The predicted octanol–water partition coefficient (Wildman–Crippen LogP) is 3.22. The summed E-state index contributed by atoms with van der Waals surface area (Å²) in [7, 11) is 1.49. The van der Waals surface area contributed by atoms with Crippen LogP contribution in [0, 0.1) is 0 Å². The van der Waals surface area contributed by atoms with Crippen molar-refractivity contribution < 1.29 is 17.9 Å². The van der Waals surface area contributed by atoms with E-state index in [1.54, 1.807) is 25.1 Å². The summed E-state index contributed by atoms with van der Waals surface area (Å²) in [5, 5.41) is 7.37. The molecule has 0 radical (unpaired) electrons. The van der Waals surface area contributed by atoms with Gasteiger partial charge in [-0.2, -0.15) is 13.2 Å². The van der Waals surface area contributed by atoms with Crippen LogP contribution in [-0.2, 0) is 12.6 Å². The van der Waals surface area contributed by atoms with Crippen molar-refractivity contribution in [1.82, 2.24) is 10.2 Å². The monoisotopic (exact) mass is 256 g/mol. The normalized spacial score (nSPS) is 11.8. The Hall–Kier alpha value is -1.85. The molecule has 0 N–H and O–H groups in total. The second-order valence-corrected chi connectivity index (χ2v) is 3.76. The van der Waals surface area contributed by atoms with Crippen LogP contribution in [0.4, 0.5) is 13.2 Å². The van der Waals surface area contributed by atoms with Crippen LogP contribution in [0.15, 0.2) is 18.2 Å². The van der Waals surface area contributed by atoms with Crippen LogP contribution in [0.5, 0.6) is 5.75 Å². The first-order chi connectivity index (χ1) is 8.47. The first-order valence-electron chi connectivity index (χ1n) is 5.38. The Kier molecular flexibility index (Phi) is 3.11. The van der Waals surface area contributed by atoms with Gasteiger partial charge in [0, 0.05) is 11.5 Å². The fourth-order valence-electron chi connectivity index (χ4n) is 1.85. The van der Waals surface area contributed by atoms with Gasteiger partial charge in [0.25, 0.3) is 0 Å². The van der Waals surface area contributed by atoms with E-state index in [-0.39, 0.29) is 12.0 Å². The fourth-order valence-corrected chi connectivity index (χ4v) is 1.85. The molecule has 0 atom stereocenters. The number of methoxy groups -OCH3 is 1. The summed E-state index contributed by atoms with van der Waals surface area (Å²) < 4.78 is 43.3. The van der Waals surface area contributed by atoms with E-state index in [1.165, 1.54) is 7.11 Å². The highest BCUT2D eigenvalue weighted by Gasteiger charge is 2.36. The number of aromatic nitrogens is 2. The van der Waals surface area contributed by atoms with Crippen molar-refractivity contribution in [3.63, 3.8) is 0 Å². The summed E-state index contributed by atoms with van der Waals surface area (Å²) in [4.78, 5) is 0. The molecule has 1 aromatic heterocycles. The van der Waals surface area contributed by atoms with Crippen molar-refractivity contribution >= 4 is 10.9 Å². The molecular formula is C12H11F3N2O. The van der Waals surface area contributed by atoms with Crippen LogP contribution in [0.25, 0.3) is 10.9 Å². The van der Waals surface area contributed by atoms with Gasteiger partial charge < -0.3 is 4.74 Å². The van der Waals surface area contributed by atoms with Crippen LogP contribution in [-0.4, -0.2) is 17.3 Å². The molecule has 2 rings (SSSR count). The van der Waals surface area contributed by atoms with E-state index in [2.05, 4.69) is 10.2 Å². The summed E-state index contributed by atoms with van der Waals surface area (Å²) >= 11 is 0. The molecular weight excluding hydrogens is 245 g/mol. The molecule has 0 bridgehead atoms. The minimum atomic E-state index is -4.48. The Morgan fingerprint density at radius 2 is 1.94 bits per heavy atom. The highest BCUT2D eigenvalue weighted by Crippen LogP contribution is 2.33. The Labute approximate surface area is 102 Å². The summed E-state index contributed by atoms with van der Waals surface area (Å²) in [6.07, 6.45) is -4.24. The van der Waals surface area contributed by atoms with Gasteiger partial charge in [-0.1, -0.05) is 6.92 Å². The van der Waals surface area contributed by atoms with E-state index in [4.69, 9.17) is 4.74 Å². The second kappa shape index (κ2) is 4.44. The molecule has 0 aliphatic rings. The Balaban J connectivity index is 2.72. The number of nitrogens with zero attached hydrogens (tertiary/aromatic N) is 2. The van der Waals surface area contributed by atoms with E-state index in [1.807, 2.05) is 0 Å². The smallest absolute Gasteiger partial charge is 0.435 e. The quantitative estimate of drug-likeness (QED) is 0.827. The van der Waals surface area contributed by atoms with Crippen molar-refractivity contribution in [3.8, 4) is 5.75 Å². The molecule has 0 saturated carbocycles. The van der Waals surface area contributed by atoms with Gasteiger partial charge in [-0.05, 0) is 24.1 Å². The maximum absolute atomic E-state index is 12.8. The topological polar surface area (TPSA) is 35.0 Å². The molecule has 0 spiro atoms. The van der Waals surface area contributed by atoms with Gasteiger partial charge in [-0.25, -0.2) is 0 Å². The number of halogens is 3. The van der Waals surface area contributed by atoms with Crippen LogP contribution >= 0.6 is 0 Å². The van der Waals surface area contributed by atoms with Crippen molar-refractivity contribution in [3.05, 3.63) is 29.5 Å². The lowest BCUT2D eigenvalue weighted by Gasteiger charge is -2.12.